The Balaban J connectivity index is 1.94. The van der Waals surface area contributed by atoms with Crippen LogP contribution in [-0.4, -0.2) is 27.4 Å². The number of carbonyl (C=O) groups excluding carboxylic acids is 2. The summed E-state index contributed by atoms with van der Waals surface area (Å²) in [5.41, 5.74) is 0.424. The molecule has 0 unspecified atom stereocenters. The molecule has 0 aliphatic carbocycles. The van der Waals surface area contributed by atoms with Crippen molar-refractivity contribution in [3.05, 3.63) is 91.3 Å². The summed E-state index contributed by atoms with van der Waals surface area (Å²) in [6.45, 7) is 0. The van der Waals surface area contributed by atoms with Gasteiger partial charge in [0.05, 0.1) is 17.1 Å². The zero-order valence-corrected chi connectivity index (χ0v) is 23.0. The average molecular weight is 655 g/mol. The Labute approximate surface area is 228 Å². The van der Waals surface area contributed by atoms with Gasteiger partial charge in [-0.1, -0.05) is 27.5 Å². The molecule has 0 fully saturated rings. The number of ether oxygens (including phenoxy) is 1. The predicted octanol–water partition coefficient (Wildman–Crippen LogP) is 5.96. The Bertz CT molecular complexity index is 1500. The standard InChI is InChI=1S/C24H15Br2ClN2O6S/c1-34-24(31)14-2-6-19(7-3-14)29-23(30)16(13-28)10-15-11-17(25)12-21(26)22(15)35-36(32,33)20-8-4-18(27)5-9-20/h2-12H,1H3,(H,29,30)/b16-10+. The number of benzene rings is 3. The fraction of sp³-hybridized carbons (Fsp3) is 0.0417. The van der Waals surface area contributed by atoms with Crippen LogP contribution in [0.2, 0.25) is 5.02 Å². The Morgan fingerprint density at radius 2 is 1.69 bits per heavy atom. The lowest BCUT2D eigenvalue weighted by Gasteiger charge is -2.13. The molecule has 0 spiro atoms. The van der Waals surface area contributed by atoms with Crippen LogP contribution in [0, 0.1) is 11.3 Å². The minimum absolute atomic E-state index is 0.129. The van der Waals surface area contributed by atoms with E-state index in [1.54, 1.807) is 12.1 Å². The van der Waals surface area contributed by atoms with Crippen molar-refractivity contribution in [1.82, 2.24) is 0 Å². The second-order valence-electron chi connectivity index (χ2n) is 6.99. The van der Waals surface area contributed by atoms with Gasteiger partial charge in [-0.15, -0.1) is 0 Å². The quantitative estimate of drug-likeness (QED) is 0.144. The van der Waals surface area contributed by atoms with Crippen molar-refractivity contribution >= 4 is 77.2 Å². The summed E-state index contributed by atoms with van der Waals surface area (Å²) in [7, 11) is -3.02. The van der Waals surface area contributed by atoms with E-state index in [9.17, 15) is 23.3 Å². The van der Waals surface area contributed by atoms with Gasteiger partial charge < -0.3 is 14.2 Å². The summed E-state index contributed by atoms with van der Waals surface area (Å²) in [5, 5.41) is 12.5. The molecular weight excluding hydrogens is 640 g/mol. The van der Waals surface area contributed by atoms with Gasteiger partial charge in [-0.2, -0.15) is 13.7 Å². The summed E-state index contributed by atoms with van der Waals surface area (Å²) < 4.78 is 36.5. The lowest BCUT2D eigenvalue weighted by Crippen LogP contribution is -2.14. The number of carbonyl (C=O) groups is 2. The molecule has 0 saturated heterocycles. The molecule has 3 aromatic carbocycles. The Morgan fingerprint density at radius 1 is 1.06 bits per heavy atom. The van der Waals surface area contributed by atoms with Gasteiger partial charge in [-0.25, -0.2) is 4.79 Å². The van der Waals surface area contributed by atoms with Gasteiger partial charge in [0.25, 0.3) is 5.91 Å². The number of hydrogen-bond acceptors (Lipinski definition) is 7. The van der Waals surface area contributed by atoms with Crippen LogP contribution >= 0.6 is 43.5 Å². The van der Waals surface area contributed by atoms with Gasteiger partial charge in [-0.05, 0) is 82.7 Å². The zero-order valence-electron chi connectivity index (χ0n) is 18.3. The molecule has 12 heteroatoms. The number of rotatable bonds is 7. The molecule has 3 aromatic rings. The highest BCUT2D eigenvalue weighted by Crippen LogP contribution is 2.36. The van der Waals surface area contributed by atoms with Gasteiger partial charge in [0.15, 0.2) is 5.75 Å². The number of nitriles is 1. The summed E-state index contributed by atoms with van der Waals surface area (Å²) in [5.74, 6) is -1.42. The van der Waals surface area contributed by atoms with E-state index in [4.69, 9.17) is 15.8 Å². The minimum atomic E-state index is -4.27. The molecule has 1 N–H and O–H groups in total. The van der Waals surface area contributed by atoms with E-state index >= 15 is 0 Å². The summed E-state index contributed by atoms with van der Waals surface area (Å²) in [6, 6.07) is 16.1. The summed E-state index contributed by atoms with van der Waals surface area (Å²) in [6.07, 6.45) is 1.19. The van der Waals surface area contributed by atoms with Crippen LogP contribution in [0.3, 0.4) is 0 Å². The first kappa shape index (κ1) is 27.4. The first-order valence-corrected chi connectivity index (χ1v) is 13.2. The molecule has 3 rings (SSSR count). The molecular formula is C24H15Br2ClN2O6S. The van der Waals surface area contributed by atoms with Crippen molar-refractivity contribution in [2.45, 2.75) is 4.90 Å². The molecule has 0 bridgehead atoms. The average Bonchev–Trinajstić information content (AvgIpc) is 2.84. The molecule has 0 aliphatic heterocycles. The van der Waals surface area contributed by atoms with Crippen molar-refractivity contribution in [3.63, 3.8) is 0 Å². The lowest BCUT2D eigenvalue weighted by molar-refractivity contribution is -0.112. The monoisotopic (exact) mass is 652 g/mol. The van der Waals surface area contributed by atoms with Gasteiger partial charge in [0, 0.05) is 20.7 Å². The van der Waals surface area contributed by atoms with Crippen LogP contribution in [0.1, 0.15) is 15.9 Å². The van der Waals surface area contributed by atoms with E-state index in [2.05, 4.69) is 41.9 Å². The SMILES string of the molecule is COC(=O)c1ccc(NC(=O)/C(C#N)=C/c2cc(Br)cc(Br)c2OS(=O)(=O)c2ccc(Cl)cc2)cc1. The van der Waals surface area contributed by atoms with E-state index in [0.717, 1.165) is 0 Å². The maximum Gasteiger partial charge on any atom is 0.339 e. The molecule has 0 aromatic heterocycles. The predicted molar refractivity (Wildman–Crippen MR) is 141 cm³/mol. The van der Waals surface area contributed by atoms with Crippen molar-refractivity contribution in [2.24, 2.45) is 0 Å². The highest BCUT2D eigenvalue weighted by molar-refractivity contribution is 9.11. The van der Waals surface area contributed by atoms with Gasteiger partial charge in [-0.3, -0.25) is 4.79 Å². The fourth-order valence-corrected chi connectivity index (χ4v) is 5.39. The number of halogens is 3. The normalized spacial score (nSPS) is 11.4. The van der Waals surface area contributed by atoms with E-state index < -0.39 is 22.0 Å². The van der Waals surface area contributed by atoms with Crippen molar-refractivity contribution in [1.29, 1.82) is 5.26 Å². The highest BCUT2D eigenvalue weighted by Gasteiger charge is 2.22. The largest absolute Gasteiger partial charge is 0.465 e. The maximum absolute atomic E-state index is 12.8. The third kappa shape index (κ3) is 6.73. The van der Waals surface area contributed by atoms with Crippen LogP contribution in [0.5, 0.6) is 5.75 Å². The van der Waals surface area contributed by atoms with Crippen molar-refractivity contribution < 1.29 is 26.9 Å². The molecule has 0 radical (unpaired) electrons. The molecule has 8 nitrogen and oxygen atoms in total. The first-order valence-electron chi connectivity index (χ1n) is 9.84. The number of nitrogens with zero attached hydrogens (tertiary/aromatic N) is 1. The van der Waals surface area contributed by atoms with Gasteiger partial charge >= 0.3 is 16.1 Å². The van der Waals surface area contributed by atoms with Crippen molar-refractivity contribution in [2.75, 3.05) is 12.4 Å². The van der Waals surface area contributed by atoms with Crippen LogP contribution in [0.15, 0.2) is 80.1 Å². The maximum atomic E-state index is 12.8. The van der Waals surface area contributed by atoms with Crippen molar-refractivity contribution in [3.8, 4) is 11.8 Å². The van der Waals surface area contributed by atoms with Crippen LogP contribution in [-0.2, 0) is 19.6 Å². The molecule has 0 atom stereocenters. The minimum Gasteiger partial charge on any atom is -0.465 e. The molecule has 1 amide bonds. The van der Waals surface area contributed by atoms with Crippen LogP contribution in [0.4, 0.5) is 5.69 Å². The van der Waals surface area contributed by atoms with Gasteiger partial charge in [0.2, 0.25) is 0 Å². The highest BCUT2D eigenvalue weighted by atomic mass is 79.9. The molecule has 0 saturated carbocycles. The summed E-state index contributed by atoms with van der Waals surface area (Å²) >= 11 is 12.4. The van der Waals surface area contributed by atoms with E-state index in [1.807, 2.05) is 0 Å². The molecule has 0 heterocycles. The van der Waals surface area contributed by atoms with E-state index in [1.165, 1.54) is 67.8 Å². The van der Waals surface area contributed by atoms with Crippen LogP contribution < -0.4 is 9.50 Å². The molecule has 184 valence electrons. The Morgan fingerprint density at radius 3 is 2.28 bits per heavy atom. The first-order chi connectivity index (χ1) is 17.0. The summed E-state index contributed by atoms with van der Waals surface area (Å²) in [4.78, 5) is 24.2. The smallest absolute Gasteiger partial charge is 0.339 e. The number of esters is 1. The number of methoxy groups -OCH3 is 1. The second-order valence-corrected chi connectivity index (χ2v) is 10.7. The third-order valence-corrected chi connectivity index (χ3v) is 7.10. The van der Waals surface area contributed by atoms with E-state index in [-0.39, 0.29) is 31.8 Å². The van der Waals surface area contributed by atoms with Crippen LogP contribution in [0.25, 0.3) is 6.08 Å². The number of hydrogen-bond donors (Lipinski definition) is 1. The zero-order chi connectivity index (χ0) is 26.5. The fourth-order valence-electron chi connectivity index (χ4n) is 2.84. The Kier molecular flexibility index (Phi) is 8.92. The number of amides is 1. The van der Waals surface area contributed by atoms with Gasteiger partial charge in [0.1, 0.15) is 16.5 Å². The molecule has 0 aliphatic rings. The Hall–Kier alpha value is -3.17. The number of anilines is 1. The topological polar surface area (TPSA) is 123 Å². The third-order valence-electron chi connectivity index (χ3n) is 4.56. The van der Waals surface area contributed by atoms with E-state index in [0.29, 0.717) is 15.2 Å². The molecule has 36 heavy (non-hydrogen) atoms. The number of nitrogens with one attached hydrogen (secondary N) is 1. The second kappa shape index (κ2) is 11.7. The lowest BCUT2D eigenvalue weighted by atomic mass is 10.1.